The standard InChI is InChI=1S/C17H25N5OS2/c1-11(2)5-6-19-10-22(18)17-21-14(9-24-17)15-7-12(3)16(25-15)8-20-13(4)23/h7,9-11H,5-6,8,18H2,1-4H3,(H,20,23)/p+1. The molecule has 0 bridgehead atoms. The van der Waals surface area contributed by atoms with E-state index in [9.17, 15) is 4.79 Å². The molecule has 4 N–H and O–H groups in total. The molecule has 0 atom stereocenters. The van der Waals surface area contributed by atoms with Crippen LogP contribution in [0.3, 0.4) is 0 Å². The van der Waals surface area contributed by atoms with Gasteiger partial charge in [0.05, 0.1) is 18.0 Å². The molecule has 2 aromatic rings. The Morgan fingerprint density at radius 2 is 2.24 bits per heavy atom. The van der Waals surface area contributed by atoms with Crippen LogP contribution in [0.15, 0.2) is 11.4 Å². The van der Waals surface area contributed by atoms with Crippen LogP contribution in [0, 0.1) is 12.8 Å². The molecule has 2 heterocycles. The zero-order valence-electron chi connectivity index (χ0n) is 15.1. The highest BCUT2D eigenvalue weighted by Gasteiger charge is 2.16. The Balaban J connectivity index is 2.04. The number of nitrogens with two attached hydrogens (primary N) is 1. The molecule has 25 heavy (non-hydrogen) atoms. The summed E-state index contributed by atoms with van der Waals surface area (Å²) in [7, 11) is 0. The van der Waals surface area contributed by atoms with Gasteiger partial charge in [0.1, 0.15) is 0 Å². The maximum Gasteiger partial charge on any atom is 0.343 e. The Morgan fingerprint density at radius 3 is 2.92 bits per heavy atom. The maximum absolute atomic E-state index is 11.1. The summed E-state index contributed by atoms with van der Waals surface area (Å²) < 4.78 is 1.52. The minimum absolute atomic E-state index is 0.0235. The van der Waals surface area contributed by atoms with Crippen LogP contribution < -0.4 is 16.5 Å². The van der Waals surface area contributed by atoms with E-state index in [0.717, 1.165) is 39.1 Å². The number of hydrazone groups is 1. The van der Waals surface area contributed by atoms with Gasteiger partial charge < -0.3 is 10.6 Å². The highest BCUT2D eigenvalue weighted by Crippen LogP contribution is 2.33. The molecule has 0 spiro atoms. The van der Waals surface area contributed by atoms with E-state index in [0.29, 0.717) is 12.5 Å². The zero-order chi connectivity index (χ0) is 18.4. The molecule has 2 aromatic heterocycles. The minimum Gasteiger partial charge on any atom is -0.351 e. The van der Waals surface area contributed by atoms with Crippen molar-refractivity contribution in [3.05, 3.63) is 21.9 Å². The molecule has 0 aromatic carbocycles. The van der Waals surface area contributed by atoms with Crippen LogP contribution in [0.4, 0.5) is 5.13 Å². The molecule has 2 rings (SSSR count). The van der Waals surface area contributed by atoms with E-state index in [1.165, 1.54) is 22.9 Å². The van der Waals surface area contributed by atoms with Gasteiger partial charge >= 0.3 is 5.13 Å². The molecule has 0 fully saturated rings. The molecule has 0 aliphatic rings. The van der Waals surface area contributed by atoms with Gasteiger partial charge in [-0.15, -0.1) is 16.0 Å². The number of carbonyl (C=O) groups excluding carboxylic acids is 1. The van der Waals surface area contributed by atoms with Gasteiger partial charge in [0.25, 0.3) is 0 Å². The summed E-state index contributed by atoms with van der Waals surface area (Å²) in [5, 5.41) is 8.79. The fourth-order valence-corrected chi connectivity index (χ4v) is 3.98. The predicted molar refractivity (Wildman–Crippen MR) is 105 cm³/mol. The number of hydrazine groups is 1. The summed E-state index contributed by atoms with van der Waals surface area (Å²) in [6.45, 7) is 9.40. The molecule has 0 saturated heterocycles. The first-order chi connectivity index (χ1) is 11.9. The van der Waals surface area contributed by atoms with Crippen molar-refractivity contribution in [1.29, 1.82) is 0 Å². The second kappa shape index (κ2) is 8.96. The van der Waals surface area contributed by atoms with Crippen molar-refractivity contribution in [2.75, 3.05) is 6.54 Å². The average molecular weight is 381 g/mol. The average Bonchev–Trinajstić information content (AvgIpc) is 3.16. The van der Waals surface area contributed by atoms with Crippen LogP contribution >= 0.6 is 22.7 Å². The third-order valence-electron chi connectivity index (χ3n) is 3.58. The lowest BCUT2D eigenvalue weighted by Crippen LogP contribution is -2.25. The quantitative estimate of drug-likeness (QED) is 0.164. The molecule has 0 aliphatic carbocycles. The molecule has 0 saturated carbocycles. The monoisotopic (exact) mass is 380 g/mol. The highest BCUT2D eigenvalue weighted by atomic mass is 32.1. The summed E-state index contributed by atoms with van der Waals surface area (Å²) in [4.78, 5) is 17.9. The number of amides is 1. The number of nitrogens with zero attached hydrogens (tertiary/aromatic N) is 2. The van der Waals surface area contributed by atoms with Gasteiger partial charge in [-0.25, -0.2) is 0 Å². The predicted octanol–water partition coefficient (Wildman–Crippen LogP) is 3.00. The number of nitrogens with one attached hydrogen (secondary N) is 2. The number of hydrogen-bond donors (Lipinski definition) is 3. The topological polar surface area (TPSA) is 83.0 Å². The summed E-state index contributed by atoms with van der Waals surface area (Å²) in [5.74, 6) is 6.67. The van der Waals surface area contributed by atoms with Gasteiger partial charge in [-0.05, 0) is 30.9 Å². The Morgan fingerprint density at radius 1 is 1.48 bits per heavy atom. The summed E-state index contributed by atoms with van der Waals surface area (Å²) in [5.41, 5.74) is 2.07. The Labute approximate surface area is 156 Å². The Bertz CT molecular complexity index is 748. The van der Waals surface area contributed by atoms with Crippen molar-refractivity contribution >= 4 is 40.1 Å². The lowest BCUT2D eigenvalue weighted by molar-refractivity contribution is -0.449. The van der Waals surface area contributed by atoms with Crippen molar-refractivity contribution in [2.24, 2.45) is 11.8 Å². The molecule has 0 aliphatic heterocycles. The maximum atomic E-state index is 11.1. The van der Waals surface area contributed by atoms with E-state index >= 15 is 0 Å². The zero-order valence-corrected chi connectivity index (χ0v) is 16.8. The third-order valence-corrected chi connectivity index (χ3v) is 5.69. The largest absolute Gasteiger partial charge is 0.351 e. The van der Waals surface area contributed by atoms with Crippen LogP contribution in [0.2, 0.25) is 0 Å². The van der Waals surface area contributed by atoms with Crippen LogP contribution in [-0.2, 0) is 11.3 Å². The van der Waals surface area contributed by atoms with Crippen molar-refractivity contribution in [3.8, 4) is 10.6 Å². The van der Waals surface area contributed by atoms with Crippen LogP contribution in [0.5, 0.6) is 0 Å². The summed E-state index contributed by atoms with van der Waals surface area (Å²) in [6.07, 6.45) is 2.85. The SMILES string of the molecule is CC(=O)NCc1sc(-c2csc([N+](N)=CNCCC(C)C)n2)cc1C. The van der Waals surface area contributed by atoms with Gasteiger partial charge in [0.2, 0.25) is 12.2 Å². The van der Waals surface area contributed by atoms with E-state index in [1.54, 1.807) is 17.7 Å². The lowest BCUT2D eigenvalue weighted by Gasteiger charge is -2.01. The van der Waals surface area contributed by atoms with E-state index in [1.807, 2.05) is 12.3 Å². The fourth-order valence-electron chi connectivity index (χ4n) is 2.11. The molecule has 6 nitrogen and oxygen atoms in total. The number of thiazole rings is 1. The number of thiophene rings is 1. The first kappa shape index (κ1) is 19.4. The molecule has 0 radical (unpaired) electrons. The molecular formula is C17H26N5OS2+. The number of hydrogen-bond acceptors (Lipinski definition) is 5. The smallest absolute Gasteiger partial charge is 0.343 e. The van der Waals surface area contributed by atoms with E-state index < -0.39 is 0 Å². The van der Waals surface area contributed by atoms with E-state index in [4.69, 9.17) is 5.84 Å². The van der Waals surface area contributed by atoms with Gasteiger partial charge in [-0.3, -0.25) is 10.6 Å². The third kappa shape index (κ3) is 5.82. The second-order valence-electron chi connectivity index (χ2n) is 6.31. The summed E-state index contributed by atoms with van der Waals surface area (Å²) >= 11 is 3.15. The number of aromatic nitrogens is 1. The van der Waals surface area contributed by atoms with Gasteiger partial charge in [0.15, 0.2) is 5.69 Å². The second-order valence-corrected chi connectivity index (χ2v) is 8.29. The first-order valence-electron chi connectivity index (χ1n) is 8.27. The molecule has 8 heteroatoms. The molecule has 136 valence electrons. The fraction of sp³-hybridized carbons (Fsp3) is 0.471. The van der Waals surface area contributed by atoms with Crippen molar-refractivity contribution in [2.45, 2.75) is 40.7 Å². The summed E-state index contributed by atoms with van der Waals surface area (Å²) in [6, 6.07) is 2.10. The number of carbonyl (C=O) groups is 1. The minimum atomic E-state index is -0.0235. The molecule has 0 unspecified atom stereocenters. The Kier molecular flexibility index (Phi) is 6.95. The first-order valence-corrected chi connectivity index (χ1v) is 9.96. The normalized spacial score (nSPS) is 11.8. The van der Waals surface area contributed by atoms with Gasteiger partial charge in [-0.1, -0.05) is 30.2 Å². The number of rotatable bonds is 8. The Hall–Kier alpha value is -1.93. The van der Waals surface area contributed by atoms with E-state index in [-0.39, 0.29) is 5.91 Å². The molecular weight excluding hydrogens is 354 g/mol. The van der Waals surface area contributed by atoms with Gasteiger partial charge in [-0.2, -0.15) is 0 Å². The van der Waals surface area contributed by atoms with Crippen LogP contribution in [0.1, 0.15) is 37.6 Å². The van der Waals surface area contributed by atoms with Gasteiger partial charge in [0, 0.05) is 17.2 Å². The van der Waals surface area contributed by atoms with Crippen LogP contribution in [0.25, 0.3) is 10.6 Å². The highest BCUT2D eigenvalue weighted by molar-refractivity contribution is 7.16. The van der Waals surface area contributed by atoms with Crippen LogP contribution in [-0.4, -0.2) is 28.5 Å². The van der Waals surface area contributed by atoms with Crippen molar-refractivity contribution in [3.63, 3.8) is 0 Å². The number of aryl methyl sites for hydroxylation is 1. The lowest BCUT2D eigenvalue weighted by atomic mass is 10.1. The van der Waals surface area contributed by atoms with Crippen molar-refractivity contribution in [1.82, 2.24) is 15.6 Å². The molecule has 1 amide bonds. The van der Waals surface area contributed by atoms with Crippen molar-refractivity contribution < 1.29 is 9.48 Å². The van der Waals surface area contributed by atoms with E-state index in [2.05, 4.69) is 35.5 Å².